The molecule has 0 aliphatic heterocycles. The zero-order valence-corrected chi connectivity index (χ0v) is 17.8. The Bertz CT molecular complexity index is 1070. The van der Waals surface area contributed by atoms with Gasteiger partial charge in [0.15, 0.2) is 0 Å². The van der Waals surface area contributed by atoms with Crippen LogP contribution in [0.4, 0.5) is 17.6 Å². The second-order valence-electron chi connectivity index (χ2n) is 7.03. The largest absolute Gasteiger partial charge is 0.491 e. The van der Waals surface area contributed by atoms with Crippen molar-refractivity contribution in [2.75, 3.05) is 13.2 Å². The number of aromatic nitrogens is 1. The molecule has 0 aliphatic rings. The third-order valence-electron chi connectivity index (χ3n) is 4.42. The summed E-state index contributed by atoms with van der Waals surface area (Å²) in [6.45, 7) is 1.24. The van der Waals surface area contributed by atoms with Crippen LogP contribution in [-0.4, -0.2) is 35.3 Å². The van der Waals surface area contributed by atoms with E-state index in [0.29, 0.717) is 22.0 Å². The van der Waals surface area contributed by atoms with E-state index in [-0.39, 0.29) is 24.7 Å². The Morgan fingerprint density at radius 2 is 1.94 bits per heavy atom. The lowest BCUT2D eigenvalue weighted by atomic mass is 10.1. The Kier molecular flexibility index (Phi) is 7.47. The van der Waals surface area contributed by atoms with Gasteiger partial charge in [-0.15, -0.1) is 11.3 Å². The van der Waals surface area contributed by atoms with E-state index in [0.717, 1.165) is 17.7 Å². The number of halogens is 4. The Morgan fingerprint density at radius 1 is 1.22 bits per heavy atom. The van der Waals surface area contributed by atoms with Crippen molar-refractivity contribution in [2.45, 2.75) is 25.6 Å². The number of aliphatic hydroxyl groups is 1. The summed E-state index contributed by atoms with van der Waals surface area (Å²) >= 11 is 1.20. The van der Waals surface area contributed by atoms with Crippen LogP contribution in [0.1, 0.15) is 31.5 Å². The van der Waals surface area contributed by atoms with Crippen LogP contribution in [0.15, 0.2) is 48.5 Å². The van der Waals surface area contributed by atoms with Crippen molar-refractivity contribution in [2.24, 2.45) is 0 Å². The van der Waals surface area contributed by atoms with Gasteiger partial charge in [0, 0.05) is 13.0 Å². The molecular weight excluding hydrogens is 448 g/mol. The molecule has 2 aromatic carbocycles. The molecule has 5 nitrogen and oxygen atoms in total. The lowest BCUT2D eigenvalue weighted by Gasteiger charge is -2.14. The van der Waals surface area contributed by atoms with E-state index in [2.05, 4.69) is 10.3 Å². The second-order valence-corrected chi connectivity index (χ2v) is 8.11. The van der Waals surface area contributed by atoms with Crippen molar-refractivity contribution in [3.05, 3.63) is 81.1 Å². The SMILES string of the molecule is Cc1nc(Cc2ccc(F)cc2)sc1C(=O)NCC(O)COc1cccc(C(F)(F)F)c1. The van der Waals surface area contributed by atoms with Crippen LogP contribution in [0.2, 0.25) is 0 Å². The minimum Gasteiger partial charge on any atom is -0.491 e. The Morgan fingerprint density at radius 3 is 2.62 bits per heavy atom. The third kappa shape index (κ3) is 6.51. The van der Waals surface area contributed by atoms with Crippen molar-refractivity contribution < 1.29 is 32.2 Å². The van der Waals surface area contributed by atoms with Gasteiger partial charge >= 0.3 is 6.18 Å². The number of ether oxygens (including phenoxy) is 1. The fourth-order valence-corrected chi connectivity index (χ4v) is 3.84. The molecule has 1 amide bonds. The van der Waals surface area contributed by atoms with Crippen molar-refractivity contribution in [1.29, 1.82) is 0 Å². The molecule has 1 aromatic heterocycles. The van der Waals surface area contributed by atoms with Crippen LogP contribution in [0.25, 0.3) is 0 Å². The van der Waals surface area contributed by atoms with Crippen LogP contribution < -0.4 is 10.1 Å². The van der Waals surface area contributed by atoms with E-state index in [1.165, 1.54) is 35.6 Å². The van der Waals surface area contributed by atoms with Crippen LogP contribution in [-0.2, 0) is 12.6 Å². The highest BCUT2D eigenvalue weighted by atomic mass is 32.1. The van der Waals surface area contributed by atoms with Crippen molar-refractivity contribution >= 4 is 17.2 Å². The molecule has 0 bridgehead atoms. The molecule has 0 saturated carbocycles. The summed E-state index contributed by atoms with van der Waals surface area (Å²) in [5, 5.41) is 13.3. The molecule has 1 atom stereocenters. The van der Waals surface area contributed by atoms with E-state index in [4.69, 9.17) is 4.74 Å². The number of carbonyl (C=O) groups excluding carboxylic acids is 1. The molecule has 3 aromatic rings. The molecular formula is C22H20F4N2O3S. The van der Waals surface area contributed by atoms with Gasteiger partial charge in [0.2, 0.25) is 0 Å². The maximum atomic E-state index is 13.0. The summed E-state index contributed by atoms with van der Waals surface area (Å²) in [6.07, 6.45) is -5.17. The Hall–Kier alpha value is -2.98. The molecule has 1 heterocycles. The Labute approximate surface area is 185 Å². The summed E-state index contributed by atoms with van der Waals surface area (Å²) in [5.41, 5.74) is 0.531. The van der Waals surface area contributed by atoms with Gasteiger partial charge in [0.1, 0.15) is 29.2 Å². The van der Waals surface area contributed by atoms with Crippen molar-refractivity contribution in [3.8, 4) is 5.75 Å². The van der Waals surface area contributed by atoms with E-state index in [9.17, 15) is 27.5 Å². The number of alkyl halides is 3. The van der Waals surface area contributed by atoms with Gasteiger partial charge in [0.05, 0.1) is 16.3 Å². The molecule has 0 saturated heterocycles. The van der Waals surface area contributed by atoms with E-state index >= 15 is 0 Å². The first-order valence-corrected chi connectivity index (χ1v) is 10.4. The van der Waals surface area contributed by atoms with Crippen LogP contribution in [0, 0.1) is 12.7 Å². The number of hydrogen-bond acceptors (Lipinski definition) is 5. The molecule has 3 rings (SSSR count). The number of rotatable bonds is 8. The molecule has 0 aliphatic carbocycles. The first-order valence-electron chi connectivity index (χ1n) is 9.59. The number of carbonyl (C=O) groups is 1. The smallest absolute Gasteiger partial charge is 0.416 e. The zero-order chi connectivity index (χ0) is 23.3. The van der Waals surface area contributed by atoms with E-state index in [1.54, 1.807) is 19.1 Å². The summed E-state index contributed by atoms with van der Waals surface area (Å²) in [4.78, 5) is 17.2. The van der Waals surface area contributed by atoms with Crippen LogP contribution >= 0.6 is 11.3 Å². The fourth-order valence-electron chi connectivity index (χ4n) is 2.82. The number of amides is 1. The molecule has 10 heteroatoms. The molecule has 1 unspecified atom stereocenters. The van der Waals surface area contributed by atoms with Crippen molar-refractivity contribution in [1.82, 2.24) is 10.3 Å². The number of nitrogens with zero attached hydrogens (tertiary/aromatic N) is 1. The van der Waals surface area contributed by atoms with Crippen LogP contribution in [0.5, 0.6) is 5.75 Å². The first-order chi connectivity index (χ1) is 15.1. The molecule has 2 N–H and O–H groups in total. The minimum atomic E-state index is -4.49. The standard InChI is InChI=1S/C22H20F4N2O3S/c1-13-20(32-19(28-13)9-14-5-7-16(23)8-6-14)21(30)27-11-17(29)12-31-18-4-2-3-15(10-18)22(24,25)26/h2-8,10,17,29H,9,11-12H2,1H3,(H,27,30). The lowest BCUT2D eigenvalue weighted by molar-refractivity contribution is -0.137. The predicted molar refractivity (Wildman–Crippen MR) is 111 cm³/mol. The molecule has 32 heavy (non-hydrogen) atoms. The summed E-state index contributed by atoms with van der Waals surface area (Å²) < 4.78 is 56.4. The molecule has 0 spiro atoms. The van der Waals surface area contributed by atoms with Crippen LogP contribution in [0.3, 0.4) is 0 Å². The average Bonchev–Trinajstić information content (AvgIpc) is 3.12. The highest BCUT2D eigenvalue weighted by molar-refractivity contribution is 7.13. The number of aryl methyl sites for hydroxylation is 1. The number of thiazole rings is 1. The molecule has 0 fully saturated rings. The van der Waals surface area contributed by atoms with E-state index < -0.39 is 23.8 Å². The Balaban J connectivity index is 1.51. The van der Waals surface area contributed by atoms with Gasteiger partial charge < -0.3 is 15.2 Å². The third-order valence-corrected chi connectivity index (χ3v) is 5.57. The monoisotopic (exact) mass is 468 g/mol. The number of aliphatic hydroxyl groups excluding tert-OH is 1. The lowest BCUT2D eigenvalue weighted by Crippen LogP contribution is -2.35. The fraction of sp³-hybridized carbons (Fsp3) is 0.273. The van der Waals surface area contributed by atoms with Gasteiger partial charge in [-0.2, -0.15) is 13.2 Å². The van der Waals surface area contributed by atoms with Gasteiger partial charge in [-0.25, -0.2) is 9.37 Å². The first kappa shape index (κ1) is 23.7. The zero-order valence-electron chi connectivity index (χ0n) is 16.9. The maximum Gasteiger partial charge on any atom is 0.416 e. The highest BCUT2D eigenvalue weighted by Gasteiger charge is 2.30. The van der Waals surface area contributed by atoms with Gasteiger partial charge in [0.25, 0.3) is 5.91 Å². The van der Waals surface area contributed by atoms with Gasteiger partial charge in [-0.05, 0) is 42.8 Å². The van der Waals surface area contributed by atoms with Gasteiger partial charge in [-0.3, -0.25) is 4.79 Å². The summed E-state index contributed by atoms with van der Waals surface area (Å²) in [6, 6.07) is 10.3. The quantitative estimate of drug-likeness (QED) is 0.482. The molecule has 170 valence electrons. The summed E-state index contributed by atoms with van der Waals surface area (Å²) in [7, 11) is 0. The second kappa shape index (κ2) is 10.1. The minimum absolute atomic E-state index is 0.0334. The predicted octanol–water partition coefficient (Wildman–Crippen LogP) is 4.37. The highest BCUT2D eigenvalue weighted by Crippen LogP contribution is 2.31. The topological polar surface area (TPSA) is 71.5 Å². The molecule has 0 radical (unpaired) electrons. The van der Waals surface area contributed by atoms with Crippen molar-refractivity contribution in [3.63, 3.8) is 0 Å². The average molecular weight is 468 g/mol. The maximum absolute atomic E-state index is 13.0. The summed E-state index contributed by atoms with van der Waals surface area (Å²) in [5.74, 6) is -0.794. The normalized spacial score (nSPS) is 12.4. The number of benzene rings is 2. The number of nitrogens with one attached hydrogen (secondary N) is 1. The van der Waals surface area contributed by atoms with E-state index in [1.807, 2.05) is 0 Å². The number of hydrogen-bond donors (Lipinski definition) is 2. The van der Waals surface area contributed by atoms with Gasteiger partial charge in [-0.1, -0.05) is 18.2 Å².